The molecule has 1 saturated heterocycles. The number of nitrogens with one attached hydrogen (secondary N) is 2. The number of nitrogens with zero attached hydrogens (tertiary/aromatic N) is 3. The summed E-state index contributed by atoms with van der Waals surface area (Å²) < 4.78 is 5.72. The Labute approximate surface area is 153 Å². The molecule has 1 atom stereocenters. The summed E-state index contributed by atoms with van der Waals surface area (Å²) in [5.41, 5.74) is 1.14. The first-order valence-corrected chi connectivity index (χ1v) is 8.21. The van der Waals surface area contributed by atoms with Crippen LogP contribution in [0.1, 0.15) is 10.7 Å². The standard InChI is InChI=1S/C14H25N5OS.HI/c1-11-18-12(10-21-11)4-5-16-14(15-2)17-8-13-9-19(3)6-7-20-13;/h10,13H,4-9H2,1-3H3,(H2,15,16,17);1H. The van der Waals surface area contributed by atoms with Gasteiger partial charge in [-0.25, -0.2) is 4.98 Å². The SMILES string of the molecule is CN=C(NCCc1csc(C)n1)NCC1CN(C)CCO1.I. The van der Waals surface area contributed by atoms with Crippen molar-refractivity contribution in [2.24, 2.45) is 4.99 Å². The van der Waals surface area contributed by atoms with Gasteiger partial charge in [0, 0.05) is 45.0 Å². The molecule has 1 aromatic heterocycles. The molecule has 8 heteroatoms. The Bertz CT molecular complexity index is 468. The molecule has 0 aromatic carbocycles. The maximum Gasteiger partial charge on any atom is 0.191 e. The molecule has 0 aliphatic carbocycles. The Balaban J connectivity index is 0.00000242. The average Bonchev–Trinajstić information content (AvgIpc) is 2.88. The third-order valence-corrected chi connectivity index (χ3v) is 4.23. The lowest BCUT2D eigenvalue weighted by Gasteiger charge is -2.30. The van der Waals surface area contributed by atoms with Gasteiger partial charge in [0.15, 0.2) is 5.96 Å². The predicted octanol–water partition coefficient (Wildman–Crippen LogP) is 1.11. The summed E-state index contributed by atoms with van der Waals surface area (Å²) >= 11 is 1.69. The number of thiazole rings is 1. The van der Waals surface area contributed by atoms with E-state index in [1.165, 1.54) is 0 Å². The normalized spacial score (nSPS) is 19.6. The molecular formula is C14H26IN5OS. The van der Waals surface area contributed by atoms with Crippen LogP contribution in [-0.4, -0.2) is 68.8 Å². The first-order chi connectivity index (χ1) is 10.2. The maximum absolute atomic E-state index is 5.72. The molecule has 2 N–H and O–H groups in total. The Kier molecular flexibility index (Phi) is 9.22. The Morgan fingerprint density at radius 2 is 2.36 bits per heavy atom. The van der Waals surface area contributed by atoms with Gasteiger partial charge in [-0.15, -0.1) is 35.3 Å². The average molecular weight is 439 g/mol. The number of aliphatic imine (C=N–C) groups is 1. The van der Waals surface area contributed by atoms with Crippen LogP contribution in [0.2, 0.25) is 0 Å². The quantitative estimate of drug-likeness (QED) is 0.409. The molecule has 1 aromatic rings. The molecule has 1 aliphatic rings. The number of aromatic nitrogens is 1. The van der Waals surface area contributed by atoms with Gasteiger partial charge in [-0.3, -0.25) is 4.99 Å². The van der Waals surface area contributed by atoms with Crippen LogP contribution in [0.3, 0.4) is 0 Å². The maximum atomic E-state index is 5.72. The second-order valence-electron chi connectivity index (χ2n) is 5.24. The van der Waals surface area contributed by atoms with Crippen molar-refractivity contribution in [2.45, 2.75) is 19.4 Å². The zero-order chi connectivity index (χ0) is 15.1. The molecule has 22 heavy (non-hydrogen) atoms. The fraction of sp³-hybridized carbons (Fsp3) is 0.714. The van der Waals surface area contributed by atoms with Gasteiger partial charge in [0.1, 0.15) is 0 Å². The molecule has 0 bridgehead atoms. The van der Waals surface area contributed by atoms with Crippen LogP contribution < -0.4 is 10.6 Å². The molecule has 2 heterocycles. The molecule has 126 valence electrons. The van der Waals surface area contributed by atoms with Crippen molar-refractivity contribution in [2.75, 3.05) is 46.9 Å². The summed E-state index contributed by atoms with van der Waals surface area (Å²) in [7, 11) is 3.91. The van der Waals surface area contributed by atoms with Crippen molar-refractivity contribution in [1.29, 1.82) is 0 Å². The van der Waals surface area contributed by atoms with E-state index in [0.29, 0.717) is 0 Å². The molecule has 1 unspecified atom stereocenters. The monoisotopic (exact) mass is 439 g/mol. The van der Waals surface area contributed by atoms with E-state index < -0.39 is 0 Å². The first-order valence-electron chi connectivity index (χ1n) is 7.33. The summed E-state index contributed by atoms with van der Waals surface area (Å²) in [6.07, 6.45) is 1.14. The van der Waals surface area contributed by atoms with E-state index in [9.17, 15) is 0 Å². The summed E-state index contributed by atoms with van der Waals surface area (Å²) in [6.45, 7) is 6.41. The van der Waals surface area contributed by atoms with Crippen molar-refractivity contribution >= 4 is 41.3 Å². The van der Waals surface area contributed by atoms with Crippen LogP contribution in [0.4, 0.5) is 0 Å². The van der Waals surface area contributed by atoms with Crippen LogP contribution in [0, 0.1) is 6.92 Å². The third kappa shape index (κ3) is 6.76. The number of guanidine groups is 1. The van der Waals surface area contributed by atoms with E-state index in [4.69, 9.17) is 4.74 Å². The second-order valence-corrected chi connectivity index (χ2v) is 6.31. The highest BCUT2D eigenvalue weighted by atomic mass is 127. The summed E-state index contributed by atoms with van der Waals surface area (Å²) in [4.78, 5) is 11.0. The van der Waals surface area contributed by atoms with Gasteiger partial charge in [-0.2, -0.15) is 0 Å². The highest BCUT2D eigenvalue weighted by Crippen LogP contribution is 2.07. The molecule has 0 radical (unpaired) electrons. The lowest BCUT2D eigenvalue weighted by molar-refractivity contribution is -0.0161. The van der Waals surface area contributed by atoms with Gasteiger partial charge in [-0.05, 0) is 14.0 Å². The molecule has 1 aliphatic heterocycles. The number of morpholine rings is 1. The lowest BCUT2D eigenvalue weighted by atomic mass is 10.3. The third-order valence-electron chi connectivity index (χ3n) is 3.40. The van der Waals surface area contributed by atoms with E-state index in [1.54, 1.807) is 18.4 Å². The number of aryl methyl sites for hydroxylation is 1. The van der Waals surface area contributed by atoms with Crippen molar-refractivity contribution in [3.63, 3.8) is 0 Å². The van der Waals surface area contributed by atoms with E-state index in [-0.39, 0.29) is 30.1 Å². The number of hydrogen-bond donors (Lipinski definition) is 2. The summed E-state index contributed by atoms with van der Waals surface area (Å²) in [5, 5.41) is 9.86. The van der Waals surface area contributed by atoms with Crippen LogP contribution >= 0.6 is 35.3 Å². The predicted molar refractivity (Wildman–Crippen MR) is 103 cm³/mol. The van der Waals surface area contributed by atoms with Gasteiger partial charge in [-0.1, -0.05) is 0 Å². The van der Waals surface area contributed by atoms with Crippen LogP contribution in [0.5, 0.6) is 0 Å². The number of ether oxygens (including phenoxy) is 1. The minimum atomic E-state index is 0. The fourth-order valence-electron chi connectivity index (χ4n) is 2.25. The molecular weight excluding hydrogens is 413 g/mol. The lowest BCUT2D eigenvalue weighted by Crippen LogP contribution is -2.48. The van der Waals surface area contributed by atoms with Crippen molar-refractivity contribution in [1.82, 2.24) is 20.5 Å². The van der Waals surface area contributed by atoms with Gasteiger partial charge < -0.3 is 20.3 Å². The van der Waals surface area contributed by atoms with E-state index in [0.717, 1.165) is 55.9 Å². The van der Waals surface area contributed by atoms with E-state index in [2.05, 4.69) is 37.9 Å². The van der Waals surface area contributed by atoms with Gasteiger partial charge >= 0.3 is 0 Å². The topological polar surface area (TPSA) is 61.8 Å². The highest BCUT2D eigenvalue weighted by Gasteiger charge is 2.17. The summed E-state index contributed by atoms with van der Waals surface area (Å²) in [6, 6.07) is 0. The number of halogens is 1. The van der Waals surface area contributed by atoms with Crippen LogP contribution in [0.25, 0.3) is 0 Å². The Hall–Kier alpha value is -0.450. The van der Waals surface area contributed by atoms with Gasteiger partial charge in [0.2, 0.25) is 0 Å². The summed E-state index contributed by atoms with van der Waals surface area (Å²) in [5.74, 6) is 0.818. The molecule has 0 amide bonds. The van der Waals surface area contributed by atoms with E-state index >= 15 is 0 Å². The number of hydrogen-bond acceptors (Lipinski definition) is 5. The molecule has 2 rings (SSSR count). The van der Waals surface area contributed by atoms with Gasteiger partial charge in [0.05, 0.1) is 23.4 Å². The number of likely N-dealkylation sites (N-methyl/N-ethyl adjacent to an activating group) is 1. The second kappa shape index (κ2) is 10.3. The minimum Gasteiger partial charge on any atom is -0.374 e. The first kappa shape index (κ1) is 19.6. The molecule has 6 nitrogen and oxygen atoms in total. The zero-order valence-electron chi connectivity index (χ0n) is 13.5. The van der Waals surface area contributed by atoms with Crippen molar-refractivity contribution in [3.05, 3.63) is 16.1 Å². The largest absolute Gasteiger partial charge is 0.374 e. The minimum absolute atomic E-state index is 0. The van der Waals surface area contributed by atoms with Crippen LogP contribution in [0.15, 0.2) is 10.4 Å². The Morgan fingerprint density at radius 1 is 1.55 bits per heavy atom. The fourth-order valence-corrected chi connectivity index (χ4v) is 2.90. The van der Waals surface area contributed by atoms with Gasteiger partial charge in [0.25, 0.3) is 0 Å². The van der Waals surface area contributed by atoms with Crippen molar-refractivity contribution in [3.8, 4) is 0 Å². The molecule has 0 saturated carbocycles. The molecule has 0 spiro atoms. The van der Waals surface area contributed by atoms with Crippen LogP contribution in [-0.2, 0) is 11.2 Å². The Morgan fingerprint density at radius 3 is 3.00 bits per heavy atom. The molecule has 1 fully saturated rings. The highest BCUT2D eigenvalue weighted by molar-refractivity contribution is 14.0. The smallest absolute Gasteiger partial charge is 0.191 e. The number of rotatable bonds is 5. The zero-order valence-corrected chi connectivity index (χ0v) is 16.6. The van der Waals surface area contributed by atoms with Crippen molar-refractivity contribution < 1.29 is 4.74 Å². The van der Waals surface area contributed by atoms with E-state index in [1.807, 2.05) is 6.92 Å².